The number of hydrogen-bond donors (Lipinski definition) is 4. The third-order valence-electron chi connectivity index (χ3n) is 6.69. The zero-order valence-corrected chi connectivity index (χ0v) is 25.8. The predicted molar refractivity (Wildman–Crippen MR) is 149 cm³/mol. The van der Waals surface area contributed by atoms with E-state index in [4.69, 9.17) is 4.74 Å². The monoisotopic (exact) mass is 625 g/mol. The van der Waals surface area contributed by atoms with Gasteiger partial charge in [-0.3, -0.25) is 24.0 Å². The molecule has 0 aromatic heterocycles. The third-order valence-corrected chi connectivity index (χ3v) is 6.69. The molecule has 248 valence electrons. The second kappa shape index (κ2) is 18.4. The van der Waals surface area contributed by atoms with Crippen LogP contribution >= 0.6 is 0 Å². The molecule has 0 saturated carbocycles. The van der Waals surface area contributed by atoms with E-state index in [1.54, 1.807) is 20.8 Å². The first-order valence-corrected chi connectivity index (χ1v) is 14.6. The highest BCUT2D eigenvalue weighted by Gasteiger charge is 2.40. The van der Waals surface area contributed by atoms with Crippen molar-refractivity contribution in [3.63, 3.8) is 0 Å². The number of nitrogens with one attached hydrogen (secondary N) is 4. The molecule has 0 bridgehead atoms. The standard InChI is InChI=1S/C28H45N5O11/c1-6-8-17(23(37)25(39)29-13-20(34)30-18(27(41)42)10-11-21(35)36)31-24(38)19-9-7-12-33(19)26(40)22(16(4)5)32-28(43)44-14-15(2)3/h15-19,22H,6-14H2,1-5H3,(H,29,39)(H,30,34)(H,31,38)(H,32,43)(H,35,36)(H,41,42)/p-2/t17?,18-,19-,22-/m0/s1. The Morgan fingerprint density at radius 2 is 1.57 bits per heavy atom. The maximum absolute atomic E-state index is 13.4. The zero-order chi connectivity index (χ0) is 33.6. The molecule has 1 saturated heterocycles. The summed E-state index contributed by atoms with van der Waals surface area (Å²) in [5.41, 5.74) is 0. The van der Waals surface area contributed by atoms with Crippen molar-refractivity contribution in [2.45, 2.75) is 97.3 Å². The Kier molecular flexibility index (Phi) is 15.8. The number of carboxylic acids is 2. The van der Waals surface area contributed by atoms with Crippen molar-refractivity contribution in [3.05, 3.63) is 0 Å². The summed E-state index contributed by atoms with van der Waals surface area (Å²) in [6, 6.07) is -4.86. The number of rotatable bonds is 18. The molecular formula is C28H43N5O11-2. The summed E-state index contributed by atoms with van der Waals surface area (Å²) in [4.78, 5) is 99.4. The van der Waals surface area contributed by atoms with E-state index in [9.17, 15) is 48.6 Å². The quantitative estimate of drug-likeness (QED) is 0.113. The van der Waals surface area contributed by atoms with Crippen LogP contribution in [0.1, 0.15) is 73.1 Å². The number of carbonyl (C=O) groups excluding carboxylic acids is 8. The lowest BCUT2D eigenvalue weighted by molar-refractivity contribution is -0.310. The minimum atomic E-state index is -1.74. The average molecular weight is 626 g/mol. The molecule has 1 unspecified atom stereocenters. The Bertz CT molecular complexity index is 1080. The highest BCUT2D eigenvalue weighted by molar-refractivity contribution is 6.38. The summed E-state index contributed by atoms with van der Waals surface area (Å²) in [5.74, 6) is -7.96. The summed E-state index contributed by atoms with van der Waals surface area (Å²) in [5, 5.41) is 30.8. The van der Waals surface area contributed by atoms with Gasteiger partial charge in [-0.2, -0.15) is 0 Å². The SMILES string of the molecule is CCCC(NC(=O)[C@@H]1CCCN1C(=O)[C@@H](NC(=O)OCC(C)C)C(C)C)C(=O)C(=O)NCC(=O)N[C@@H](CCC(=O)[O-])C(=O)[O-]. The number of amides is 5. The van der Waals surface area contributed by atoms with E-state index in [-0.39, 0.29) is 37.8 Å². The Morgan fingerprint density at radius 1 is 0.909 bits per heavy atom. The number of likely N-dealkylation sites (tertiary alicyclic amines) is 1. The Balaban J connectivity index is 2.85. The van der Waals surface area contributed by atoms with E-state index in [0.29, 0.717) is 12.8 Å². The number of carbonyl (C=O) groups is 8. The molecule has 0 aliphatic carbocycles. The molecule has 1 heterocycles. The van der Waals surface area contributed by atoms with Gasteiger partial charge in [-0.1, -0.05) is 41.0 Å². The number of hydrogen-bond acceptors (Lipinski definition) is 11. The van der Waals surface area contributed by atoms with Gasteiger partial charge in [0.1, 0.15) is 12.1 Å². The molecule has 4 N–H and O–H groups in total. The minimum Gasteiger partial charge on any atom is -0.550 e. The Hall–Kier alpha value is -4.24. The van der Waals surface area contributed by atoms with Crippen LogP contribution in [0.3, 0.4) is 0 Å². The molecule has 4 atom stereocenters. The van der Waals surface area contributed by atoms with Crippen LogP contribution in [0, 0.1) is 11.8 Å². The van der Waals surface area contributed by atoms with Crippen molar-refractivity contribution < 1.29 is 53.3 Å². The molecule has 16 heteroatoms. The maximum Gasteiger partial charge on any atom is 0.407 e. The normalized spacial score (nSPS) is 16.4. The van der Waals surface area contributed by atoms with Crippen LogP contribution < -0.4 is 31.5 Å². The topological polar surface area (TPSA) is 243 Å². The minimum absolute atomic E-state index is 0.0682. The number of aliphatic carboxylic acids is 2. The number of ketones is 1. The molecule has 44 heavy (non-hydrogen) atoms. The fraction of sp³-hybridized carbons (Fsp3) is 0.714. The number of alkyl carbamates (subject to hydrolysis) is 1. The van der Waals surface area contributed by atoms with E-state index in [0.717, 1.165) is 0 Å². The number of nitrogens with zero attached hydrogens (tertiary/aromatic N) is 1. The lowest BCUT2D eigenvalue weighted by Crippen LogP contribution is -2.57. The number of Topliss-reactive ketones (excluding diaryl/α,β-unsaturated/α-hetero) is 1. The summed E-state index contributed by atoms with van der Waals surface area (Å²) in [6.45, 7) is 8.50. The molecule has 1 rings (SSSR count). The predicted octanol–water partition coefficient (Wildman–Crippen LogP) is -2.88. The largest absolute Gasteiger partial charge is 0.550 e. The Labute approximate surface area is 256 Å². The van der Waals surface area contributed by atoms with E-state index < -0.39 is 91.0 Å². The first kappa shape index (κ1) is 37.8. The van der Waals surface area contributed by atoms with Crippen molar-refractivity contribution in [3.8, 4) is 0 Å². The summed E-state index contributed by atoms with van der Waals surface area (Å²) >= 11 is 0. The number of ether oxygens (including phenoxy) is 1. The lowest BCUT2D eigenvalue weighted by atomic mass is 10.0. The molecule has 0 aromatic rings. The molecule has 0 radical (unpaired) electrons. The van der Waals surface area contributed by atoms with Gasteiger partial charge >= 0.3 is 6.09 Å². The van der Waals surface area contributed by atoms with Gasteiger partial charge in [0.05, 0.1) is 31.2 Å². The summed E-state index contributed by atoms with van der Waals surface area (Å²) < 4.78 is 5.13. The second-order valence-electron chi connectivity index (χ2n) is 11.3. The smallest absolute Gasteiger partial charge is 0.407 e. The van der Waals surface area contributed by atoms with Crippen LogP contribution in [0.4, 0.5) is 4.79 Å². The van der Waals surface area contributed by atoms with Gasteiger partial charge in [0.2, 0.25) is 23.5 Å². The van der Waals surface area contributed by atoms with Crippen molar-refractivity contribution in [2.24, 2.45) is 11.8 Å². The van der Waals surface area contributed by atoms with E-state index >= 15 is 0 Å². The van der Waals surface area contributed by atoms with Gasteiger partial charge in [-0.15, -0.1) is 0 Å². The van der Waals surface area contributed by atoms with Crippen molar-refractivity contribution in [2.75, 3.05) is 19.7 Å². The van der Waals surface area contributed by atoms with Crippen LogP contribution in [-0.4, -0.2) is 96.2 Å². The zero-order valence-electron chi connectivity index (χ0n) is 25.8. The van der Waals surface area contributed by atoms with Crippen LogP contribution in [0.2, 0.25) is 0 Å². The molecule has 0 aromatic carbocycles. The molecule has 1 aliphatic heterocycles. The van der Waals surface area contributed by atoms with Crippen LogP contribution in [0.25, 0.3) is 0 Å². The van der Waals surface area contributed by atoms with E-state index in [1.165, 1.54) is 4.90 Å². The van der Waals surface area contributed by atoms with Crippen molar-refractivity contribution >= 4 is 47.4 Å². The Morgan fingerprint density at radius 3 is 2.11 bits per heavy atom. The first-order chi connectivity index (χ1) is 20.6. The molecule has 16 nitrogen and oxygen atoms in total. The van der Waals surface area contributed by atoms with Crippen molar-refractivity contribution in [1.82, 2.24) is 26.2 Å². The second-order valence-corrected chi connectivity index (χ2v) is 11.3. The van der Waals surface area contributed by atoms with Gasteiger partial charge in [0.25, 0.3) is 5.91 Å². The van der Waals surface area contributed by atoms with E-state index in [2.05, 4.69) is 16.0 Å². The lowest BCUT2D eigenvalue weighted by Gasteiger charge is -2.31. The average Bonchev–Trinajstić information content (AvgIpc) is 3.44. The van der Waals surface area contributed by atoms with Crippen molar-refractivity contribution in [1.29, 1.82) is 0 Å². The van der Waals surface area contributed by atoms with Crippen LogP contribution in [-0.2, 0) is 38.3 Å². The summed E-state index contributed by atoms with van der Waals surface area (Å²) in [7, 11) is 0. The highest BCUT2D eigenvalue weighted by Crippen LogP contribution is 2.21. The first-order valence-electron chi connectivity index (χ1n) is 14.6. The van der Waals surface area contributed by atoms with Crippen LogP contribution in [0.15, 0.2) is 0 Å². The molecule has 5 amide bonds. The van der Waals surface area contributed by atoms with Gasteiger partial charge < -0.3 is 50.7 Å². The third kappa shape index (κ3) is 12.6. The summed E-state index contributed by atoms with van der Waals surface area (Å²) in [6.07, 6.45) is -0.690. The highest BCUT2D eigenvalue weighted by atomic mass is 16.5. The number of carboxylic acid groups (broad SMARTS) is 2. The molecular weight excluding hydrogens is 582 g/mol. The molecule has 1 aliphatic rings. The van der Waals surface area contributed by atoms with E-state index in [1.807, 2.05) is 19.2 Å². The van der Waals surface area contributed by atoms with Gasteiger partial charge in [0.15, 0.2) is 0 Å². The fourth-order valence-electron chi connectivity index (χ4n) is 4.39. The molecule has 0 spiro atoms. The maximum atomic E-state index is 13.4. The van der Waals surface area contributed by atoms with Gasteiger partial charge in [-0.25, -0.2) is 4.79 Å². The van der Waals surface area contributed by atoms with Gasteiger partial charge in [-0.05, 0) is 43.9 Å². The van der Waals surface area contributed by atoms with Crippen LogP contribution in [0.5, 0.6) is 0 Å². The fourth-order valence-corrected chi connectivity index (χ4v) is 4.39. The molecule has 1 fully saturated rings. The van der Waals surface area contributed by atoms with Gasteiger partial charge in [0, 0.05) is 12.5 Å².